The van der Waals surface area contributed by atoms with E-state index >= 15 is 0 Å². The van der Waals surface area contributed by atoms with E-state index in [9.17, 15) is 13.2 Å². The molecule has 24 heavy (non-hydrogen) atoms. The SMILES string of the molecule is N#CCC(=O)NN=Cc1ccc(OS(=O)(=O)c2ccccc2)cc1. The van der Waals surface area contributed by atoms with Crippen LogP contribution in [0.25, 0.3) is 0 Å². The van der Waals surface area contributed by atoms with Crippen molar-refractivity contribution >= 4 is 22.2 Å². The molecule has 0 radical (unpaired) electrons. The van der Waals surface area contributed by atoms with Crippen molar-refractivity contribution in [2.75, 3.05) is 0 Å². The first-order valence-corrected chi connectivity index (χ1v) is 8.20. The second-order valence-corrected chi connectivity index (χ2v) is 6.09. The fourth-order valence-corrected chi connectivity index (χ4v) is 2.61. The van der Waals surface area contributed by atoms with E-state index < -0.39 is 16.0 Å². The molecule has 7 nitrogen and oxygen atoms in total. The molecule has 0 aromatic heterocycles. The van der Waals surface area contributed by atoms with Crippen molar-refractivity contribution in [3.8, 4) is 11.8 Å². The van der Waals surface area contributed by atoms with Crippen LogP contribution in [0.2, 0.25) is 0 Å². The number of rotatable bonds is 6. The highest BCUT2D eigenvalue weighted by atomic mass is 32.2. The maximum Gasteiger partial charge on any atom is 0.339 e. The molecule has 0 saturated heterocycles. The molecule has 0 saturated carbocycles. The fourth-order valence-electron chi connectivity index (χ4n) is 1.66. The number of hydrogen-bond acceptors (Lipinski definition) is 6. The Kier molecular flexibility index (Phi) is 5.65. The van der Waals surface area contributed by atoms with E-state index in [1.165, 1.54) is 30.5 Å². The normalized spacial score (nSPS) is 11.0. The van der Waals surface area contributed by atoms with Gasteiger partial charge in [0, 0.05) is 0 Å². The van der Waals surface area contributed by atoms with Crippen molar-refractivity contribution in [1.82, 2.24) is 5.43 Å². The summed E-state index contributed by atoms with van der Waals surface area (Å²) in [6.07, 6.45) is 1.09. The van der Waals surface area contributed by atoms with E-state index in [1.807, 2.05) is 0 Å². The highest BCUT2D eigenvalue weighted by Crippen LogP contribution is 2.18. The predicted molar refractivity (Wildman–Crippen MR) is 86.7 cm³/mol. The lowest BCUT2D eigenvalue weighted by Crippen LogP contribution is -2.16. The third kappa shape index (κ3) is 4.93. The van der Waals surface area contributed by atoms with Gasteiger partial charge in [0.15, 0.2) is 0 Å². The quantitative estimate of drug-likeness (QED) is 0.489. The van der Waals surface area contributed by atoms with Crippen LogP contribution >= 0.6 is 0 Å². The minimum atomic E-state index is -3.88. The Hall–Kier alpha value is -3.18. The second-order valence-electron chi connectivity index (χ2n) is 4.55. The molecule has 2 aromatic rings. The third-order valence-corrected chi connectivity index (χ3v) is 4.02. The van der Waals surface area contributed by atoms with Gasteiger partial charge < -0.3 is 4.18 Å². The van der Waals surface area contributed by atoms with Gasteiger partial charge in [0.1, 0.15) is 17.1 Å². The zero-order chi connectivity index (χ0) is 17.4. The Labute approximate surface area is 139 Å². The van der Waals surface area contributed by atoms with Crippen LogP contribution in [-0.4, -0.2) is 20.5 Å². The molecular weight excluding hydrogens is 330 g/mol. The summed E-state index contributed by atoms with van der Waals surface area (Å²) in [4.78, 5) is 11.1. The maximum atomic E-state index is 12.1. The van der Waals surface area contributed by atoms with Crippen LogP contribution in [0.1, 0.15) is 12.0 Å². The van der Waals surface area contributed by atoms with E-state index in [-0.39, 0.29) is 17.1 Å². The largest absolute Gasteiger partial charge is 0.379 e. The molecule has 1 N–H and O–H groups in total. The average molecular weight is 343 g/mol. The maximum absolute atomic E-state index is 12.1. The first-order valence-electron chi connectivity index (χ1n) is 6.80. The lowest BCUT2D eigenvalue weighted by molar-refractivity contribution is -0.120. The Morgan fingerprint density at radius 3 is 2.46 bits per heavy atom. The number of carbonyl (C=O) groups is 1. The van der Waals surface area contributed by atoms with E-state index in [4.69, 9.17) is 9.44 Å². The van der Waals surface area contributed by atoms with Crippen LogP contribution in [0.15, 0.2) is 64.6 Å². The summed E-state index contributed by atoms with van der Waals surface area (Å²) in [5.41, 5.74) is 2.81. The van der Waals surface area contributed by atoms with Gasteiger partial charge in [-0.15, -0.1) is 0 Å². The topological polar surface area (TPSA) is 109 Å². The van der Waals surface area contributed by atoms with Gasteiger partial charge in [0.25, 0.3) is 5.91 Å². The van der Waals surface area contributed by atoms with Crippen molar-refractivity contribution in [2.45, 2.75) is 11.3 Å². The Bertz CT molecular complexity index is 870. The first kappa shape index (κ1) is 17.2. The Morgan fingerprint density at radius 2 is 1.83 bits per heavy atom. The molecule has 0 aliphatic heterocycles. The lowest BCUT2D eigenvalue weighted by Gasteiger charge is -2.06. The van der Waals surface area contributed by atoms with Gasteiger partial charge in [-0.3, -0.25) is 4.79 Å². The molecule has 0 aliphatic carbocycles. The summed E-state index contributed by atoms with van der Waals surface area (Å²) >= 11 is 0. The standard InChI is InChI=1S/C16H13N3O4S/c17-11-10-16(20)19-18-12-13-6-8-14(9-7-13)23-24(21,22)15-4-2-1-3-5-15/h1-9,12H,10H2,(H,19,20). The molecule has 0 fully saturated rings. The van der Waals surface area contributed by atoms with Crippen LogP contribution in [-0.2, 0) is 14.9 Å². The zero-order valence-corrected chi connectivity index (χ0v) is 13.2. The van der Waals surface area contributed by atoms with E-state index in [0.717, 1.165) is 0 Å². The fraction of sp³-hybridized carbons (Fsp3) is 0.0625. The molecule has 0 unspecified atom stereocenters. The predicted octanol–water partition coefficient (Wildman–Crippen LogP) is 1.82. The second kappa shape index (κ2) is 7.89. The summed E-state index contributed by atoms with van der Waals surface area (Å²) in [7, 11) is -3.88. The molecule has 122 valence electrons. The van der Waals surface area contributed by atoms with Gasteiger partial charge in [-0.05, 0) is 42.0 Å². The van der Waals surface area contributed by atoms with Crippen molar-refractivity contribution in [3.63, 3.8) is 0 Å². The van der Waals surface area contributed by atoms with E-state index in [0.29, 0.717) is 5.56 Å². The molecule has 2 aromatic carbocycles. The highest BCUT2D eigenvalue weighted by Gasteiger charge is 2.15. The number of nitriles is 1. The minimum absolute atomic E-state index is 0.0656. The lowest BCUT2D eigenvalue weighted by atomic mass is 10.2. The monoisotopic (exact) mass is 343 g/mol. The first-order chi connectivity index (χ1) is 11.5. The Balaban J connectivity index is 2.01. The number of amides is 1. The molecule has 0 bridgehead atoms. The van der Waals surface area contributed by atoms with Crippen LogP contribution in [0.3, 0.4) is 0 Å². The van der Waals surface area contributed by atoms with Gasteiger partial charge in [0.05, 0.1) is 12.3 Å². The summed E-state index contributed by atoms with van der Waals surface area (Å²) in [5.74, 6) is -0.354. The van der Waals surface area contributed by atoms with Crippen molar-refractivity contribution in [3.05, 3.63) is 60.2 Å². The summed E-state index contributed by atoms with van der Waals surface area (Å²) in [6, 6.07) is 15.6. The summed E-state index contributed by atoms with van der Waals surface area (Å²) < 4.78 is 29.2. The summed E-state index contributed by atoms with van der Waals surface area (Å²) in [6.45, 7) is 0. The van der Waals surface area contributed by atoms with E-state index in [2.05, 4.69) is 10.5 Å². The van der Waals surface area contributed by atoms with Gasteiger partial charge in [-0.1, -0.05) is 18.2 Å². The number of benzene rings is 2. The van der Waals surface area contributed by atoms with Crippen LogP contribution in [0.5, 0.6) is 5.75 Å². The summed E-state index contributed by atoms with van der Waals surface area (Å²) in [5, 5.41) is 12.0. The Morgan fingerprint density at radius 1 is 1.17 bits per heavy atom. The molecule has 8 heteroatoms. The van der Waals surface area contributed by atoms with Crippen molar-refractivity contribution < 1.29 is 17.4 Å². The van der Waals surface area contributed by atoms with Crippen molar-refractivity contribution in [1.29, 1.82) is 5.26 Å². The minimum Gasteiger partial charge on any atom is -0.379 e. The van der Waals surface area contributed by atoms with Gasteiger partial charge in [-0.25, -0.2) is 5.43 Å². The number of nitrogens with zero attached hydrogens (tertiary/aromatic N) is 2. The number of hydrazone groups is 1. The van der Waals surface area contributed by atoms with Crippen LogP contribution < -0.4 is 9.61 Å². The van der Waals surface area contributed by atoms with Gasteiger partial charge >= 0.3 is 10.1 Å². The number of hydrogen-bond donors (Lipinski definition) is 1. The smallest absolute Gasteiger partial charge is 0.339 e. The van der Waals surface area contributed by atoms with Crippen LogP contribution in [0, 0.1) is 11.3 Å². The molecule has 2 rings (SSSR count). The average Bonchev–Trinajstić information content (AvgIpc) is 2.57. The zero-order valence-electron chi connectivity index (χ0n) is 12.4. The van der Waals surface area contributed by atoms with Gasteiger partial charge in [-0.2, -0.15) is 18.8 Å². The van der Waals surface area contributed by atoms with Crippen molar-refractivity contribution in [2.24, 2.45) is 5.10 Å². The highest BCUT2D eigenvalue weighted by molar-refractivity contribution is 7.87. The molecular formula is C16H13N3O4S. The number of carbonyl (C=O) groups excluding carboxylic acids is 1. The van der Waals surface area contributed by atoms with E-state index in [1.54, 1.807) is 36.4 Å². The molecule has 1 amide bonds. The third-order valence-electron chi connectivity index (χ3n) is 2.76. The van der Waals surface area contributed by atoms with Crippen LogP contribution in [0.4, 0.5) is 0 Å². The van der Waals surface area contributed by atoms with Gasteiger partial charge in [0.2, 0.25) is 0 Å². The molecule has 0 aliphatic rings. The molecule has 0 spiro atoms. The molecule has 0 atom stereocenters. The number of nitrogens with one attached hydrogen (secondary N) is 1. The molecule has 0 heterocycles.